The summed E-state index contributed by atoms with van der Waals surface area (Å²) >= 11 is 0. The second-order valence-corrected chi connectivity index (χ2v) is 6.89. The molecular weight excluding hydrogens is 383 g/mol. The molecule has 0 aliphatic carbocycles. The summed E-state index contributed by atoms with van der Waals surface area (Å²) in [5.74, 6) is 0. The van der Waals surface area contributed by atoms with Gasteiger partial charge in [-0.05, 0) is 45.5 Å². The number of halogens is 3. The lowest BCUT2D eigenvalue weighted by Gasteiger charge is -2.09. The van der Waals surface area contributed by atoms with Crippen molar-refractivity contribution < 1.29 is 13.2 Å². The number of hydrogen-bond donors (Lipinski definition) is 0. The maximum atomic E-state index is 12.7. The SMILES string of the molecule is [C-]#[N+]c1ccc(-c2ccc(-c3ccc(-c4ccc(C(F)(F)F)cc4)cc3)cc2)cc1. The minimum atomic E-state index is -4.33. The van der Waals surface area contributed by atoms with E-state index in [9.17, 15) is 13.2 Å². The fourth-order valence-corrected chi connectivity index (χ4v) is 3.29. The van der Waals surface area contributed by atoms with Gasteiger partial charge in [0.1, 0.15) is 0 Å². The molecule has 4 heteroatoms. The Hall–Kier alpha value is -3.84. The predicted octanol–water partition coefficient (Wildman–Crippen LogP) is 8.26. The Bertz CT molecular complexity index is 1180. The van der Waals surface area contributed by atoms with Gasteiger partial charge in [-0.3, -0.25) is 0 Å². The molecule has 0 heterocycles. The maximum absolute atomic E-state index is 12.7. The third kappa shape index (κ3) is 4.11. The van der Waals surface area contributed by atoms with E-state index >= 15 is 0 Å². The van der Waals surface area contributed by atoms with Crippen LogP contribution < -0.4 is 0 Å². The molecule has 0 saturated heterocycles. The minimum absolute atomic E-state index is 0.614. The molecule has 0 fully saturated rings. The highest BCUT2D eigenvalue weighted by atomic mass is 19.4. The first-order chi connectivity index (χ1) is 14.4. The Balaban J connectivity index is 1.53. The number of benzene rings is 4. The molecule has 0 aromatic heterocycles. The van der Waals surface area contributed by atoms with E-state index < -0.39 is 11.7 Å². The molecule has 4 aromatic rings. The fourth-order valence-electron chi connectivity index (χ4n) is 3.29. The lowest BCUT2D eigenvalue weighted by Crippen LogP contribution is -2.03. The van der Waals surface area contributed by atoms with Crippen LogP contribution in [0.25, 0.3) is 38.2 Å². The van der Waals surface area contributed by atoms with E-state index in [0.717, 1.165) is 45.5 Å². The fraction of sp³-hybridized carbons (Fsp3) is 0.0385. The lowest BCUT2D eigenvalue weighted by atomic mass is 9.97. The van der Waals surface area contributed by atoms with Crippen molar-refractivity contribution in [3.05, 3.63) is 114 Å². The van der Waals surface area contributed by atoms with Crippen molar-refractivity contribution >= 4 is 5.69 Å². The van der Waals surface area contributed by atoms with E-state index in [1.165, 1.54) is 12.1 Å². The van der Waals surface area contributed by atoms with Crippen LogP contribution in [0.4, 0.5) is 18.9 Å². The van der Waals surface area contributed by atoms with Crippen molar-refractivity contribution in [2.45, 2.75) is 6.18 Å². The maximum Gasteiger partial charge on any atom is 0.416 e. The van der Waals surface area contributed by atoms with Crippen LogP contribution in [0.1, 0.15) is 5.56 Å². The molecule has 0 unspecified atom stereocenters. The molecular formula is C26H16F3N. The average molecular weight is 399 g/mol. The van der Waals surface area contributed by atoms with Gasteiger partial charge in [-0.1, -0.05) is 84.9 Å². The van der Waals surface area contributed by atoms with Crippen molar-refractivity contribution in [3.63, 3.8) is 0 Å². The summed E-state index contributed by atoms with van der Waals surface area (Å²) in [6, 6.07) is 28.5. The molecule has 0 aliphatic rings. The van der Waals surface area contributed by atoms with Crippen LogP contribution in [-0.4, -0.2) is 0 Å². The Labute approximate surface area is 172 Å². The zero-order valence-electron chi connectivity index (χ0n) is 15.8. The van der Waals surface area contributed by atoms with E-state index in [-0.39, 0.29) is 0 Å². The first kappa shape index (κ1) is 19.5. The van der Waals surface area contributed by atoms with Gasteiger partial charge in [-0.15, -0.1) is 0 Å². The molecule has 0 N–H and O–H groups in total. The monoisotopic (exact) mass is 399 g/mol. The van der Waals surface area contributed by atoms with Gasteiger partial charge in [0, 0.05) is 0 Å². The highest BCUT2D eigenvalue weighted by Gasteiger charge is 2.29. The van der Waals surface area contributed by atoms with Crippen molar-refractivity contribution in [2.24, 2.45) is 0 Å². The highest BCUT2D eigenvalue weighted by Crippen LogP contribution is 2.32. The molecule has 0 saturated carbocycles. The number of rotatable bonds is 3. The van der Waals surface area contributed by atoms with Gasteiger partial charge in [0.05, 0.1) is 12.1 Å². The van der Waals surface area contributed by atoms with Gasteiger partial charge in [0.25, 0.3) is 0 Å². The molecule has 0 aliphatic heterocycles. The quantitative estimate of drug-likeness (QED) is 0.305. The third-order valence-corrected chi connectivity index (χ3v) is 4.98. The first-order valence-electron chi connectivity index (χ1n) is 9.30. The standard InChI is InChI=1S/C26H16F3N/c1-30-25-16-12-23(13-17-25)21-8-4-19(5-9-21)18-2-6-20(7-3-18)22-10-14-24(15-11-22)26(27,28)29/h2-17H. The Morgan fingerprint density at radius 2 is 0.733 bits per heavy atom. The summed E-state index contributed by atoms with van der Waals surface area (Å²) in [6.45, 7) is 7.03. The van der Waals surface area contributed by atoms with Crippen LogP contribution in [0.2, 0.25) is 0 Å². The van der Waals surface area contributed by atoms with E-state index in [1.54, 1.807) is 12.1 Å². The average Bonchev–Trinajstić information content (AvgIpc) is 2.79. The summed E-state index contributed by atoms with van der Waals surface area (Å²) in [5, 5.41) is 0. The van der Waals surface area contributed by atoms with Crippen LogP contribution in [0.15, 0.2) is 97.1 Å². The molecule has 0 amide bonds. The van der Waals surface area contributed by atoms with Crippen molar-refractivity contribution in [3.8, 4) is 33.4 Å². The Kier molecular flexibility index (Phi) is 5.12. The van der Waals surface area contributed by atoms with Gasteiger partial charge < -0.3 is 0 Å². The van der Waals surface area contributed by atoms with Gasteiger partial charge in [0.15, 0.2) is 5.69 Å². The molecule has 0 radical (unpaired) electrons. The highest BCUT2D eigenvalue weighted by molar-refractivity contribution is 5.74. The van der Waals surface area contributed by atoms with E-state index in [0.29, 0.717) is 5.69 Å². The molecule has 4 aromatic carbocycles. The molecule has 146 valence electrons. The second-order valence-electron chi connectivity index (χ2n) is 6.89. The van der Waals surface area contributed by atoms with Crippen LogP contribution in [0.5, 0.6) is 0 Å². The summed E-state index contributed by atoms with van der Waals surface area (Å²) in [6.07, 6.45) is -4.33. The third-order valence-electron chi connectivity index (χ3n) is 4.98. The number of hydrogen-bond acceptors (Lipinski definition) is 0. The summed E-state index contributed by atoms with van der Waals surface area (Å²) < 4.78 is 38.2. The zero-order chi connectivity index (χ0) is 21.1. The molecule has 0 spiro atoms. The van der Waals surface area contributed by atoms with E-state index in [2.05, 4.69) is 4.85 Å². The minimum Gasteiger partial charge on any atom is -0.238 e. The zero-order valence-corrected chi connectivity index (χ0v) is 15.8. The van der Waals surface area contributed by atoms with Crippen molar-refractivity contribution in [1.82, 2.24) is 0 Å². The molecule has 30 heavy (non-hydrogen) atoms. The molecule has 0 bridgehead atoms. The Morgan fingerprint density at radius 3 is 1.00 bits per heavy atom. The van der Waals surface area contributed by atoms with Gasteiger partial charge in [-0.2, -0.15) is 13.2 Å². The predicted molar refractivity (Wildman–Crippen MR) is 114 cm³/mol. The van der Waals surface area contributed by atoms with Gasteiger partial charge >= 0.3 is 6.18 Å². The van der Waals surface area contributed by atoms with Gasteiger partial charge in [0.2, 0.25) is 0 Å². The Morgan fingerprint density at radius 1 is 0.467 bits per heavy atom. The number of nitrogens with zero attached hydrogens (tertiary/aromatic N) is 1. The summed E-state index contributed by atoms with van der Waals surface area (Å²) in [4.78, 5) is 3.40. The number of alkyl halides is 3. The van der Waals surface area contributed by atoms with E-state index in [4.69, 9.17) is 6.57 Å². The molecule has 4 rings (SSSR count). The smallest absolute Gasteiger partial charge is 0.238 e. The summed E-state index contributed by atoms with van der Waals surface area (Å²) in [7, 11) is 0. The molecule has 1 nitrogen and oxygen atoms in total. The van der Waals surface area contributed by atoms with Crippen LogP contribution in [0.3, 0.4) is 0 Å². The largest absolute Gasteiger partial charge is 0.416 e. The van der Waals surface area contributed by atoms with Crippen LogP contribution >= 0.6 is 0 Å². The normalized spacial score (nSPS) is 11.1. The topological polar surface area (TPSA) is 4.36 Å². The van der Waals surface area contributed by atoms with Crippen LogP contribution in [-0.2, 0) is 6.18 Å². The summed E-state index contributed by atoms with van der Waals surface area (Å²) in [5.41, 5.74) is 5.77. The van der Waals surface area contributed by atoms with Crippen LogP contribution in [0, 0.1) is 6.57 Å². The second kappa shape index (κ2) is 7.88. The first-order valence-corrected chi connectivity index (χ1v) is 9.30. The lowest BCUT2D eigenvalue weighted by molar-refractivity contribution is -0.137. The molecule has 0 atom stereocenters. The van der Waals surface area contributed by atoms with Crippen molar-refractivity contribution in [2.75, 3.05) is 0 Å². The van der Waals surface area contributed by atoms with E-state index in [1.807, 2.05) is 60.7 Å². The van der Waals surface area contributed by atoms with Crippen molar-refractivity contribution in [1.29, 1.82) is 0 Å². The van der Waals surface area contributed by atoms with Gasteiger partial charge in [-0.25, -0.2) is 4.85 Å².